The van der Waals surface area contributed by atoms with E-state index in [1.165, 1.54) is 11.8 Å². The van der Waals surface area contributed by atoms with E-state index in [0.29, 0.717) is 12.3 Å². The molecule has 5 nitrogen and oxygen atoms in total. The van der Waals surface area contributed by atoms with Crippen LogP contribution >= 0.6 is 0 Å². The minimum Gasteiger partial charge on any atom is -0.494 e. The Balaban J connectivity index is 2.75. The van der Waals surface area contributed by atoms with E-state index in [9.17, 15) is 9.59 Å². The number of carbonyl (C=O) groups excluding carboxylic acids is 1. The highest BCUT2D eigenvalue weighted by atomic mass is 16.5. The Hall–Kier alpha value is -2.04. The van der Waals surface area contributed by atoms with E-state index in [4.69, 9.17) is 9.84 Å². The molecule has 1 aromatic rings. The maximum atomic E-state index is 11.7. The molecule has 0 saturated carbocycles. The van der Waals surface area contributed by atoms with Crippen molar-refractivity contribution >= 4 is 17.6 Å². The second kappa shape index (κ2) is 8.29. The molecule has 0 spiro atoms. The zero-order valence-electron chi connectivity index (χ0n) is 12.8. The number of rotatable bonds is 8. The Kier molecular flexibility index (Phi) is 6.72. The topological polar surface area (TPSA) is 66.8 Å². The normalized spacial score (nSPS) is 11.8. The lowest BCUT2D eigenvalue weighted by molar-refractivity contribution is -0.140. The third-order valence-electron chi connectivity index (χ3n) is 3.17. The van der Waals surface area contributed by atoms with Crippen molar-refractivity contribution in [2.75, 3.05) is 18.1 Å². The first kappa shape index (κ1) is 17.0. The van der Waals surface area contributed by atoms with Crippen molar-refractivity contribution in [2.45, 2.75) is 33.6 Å². The zero-order chi connectivity index (χ0) is 15.8. The largest absolute Gasteiger partial charge is 0.494 e. The Morgan fingerprint density at radius 1 is 1.29 bits per heavy atom. The van der Waals surface area contributed by atoms with E-state index in [2.05, 4.69) is 6.92 Å². The first-order valence-electron chi connectivity index (χ1n) is 7.19. The standard InChI is InChI=1S/C16H23NO4/c1-4-5-10-21-15-8-6-14(7-9-15)17(13(3)18)11-12(2)16(19)20/h6-9,12H,4-5,10-11H2,1-3H3,(H,19,20). The molecule has 116 valence electrons. The molecule has 0 fully saturated rings. The summed E-state index contributed by atoms with van der Waals surface area (Å²) in [7, 11) is 0. The lowest BCUT2D eigenvalue weighted by Crippen LogP contribution is -2.35. The van der Waals surface area contributed by atoms with E-state index in [-0.39, 0.29) is 12.5 Å². The molecule has 1 atom stereocenters. The highest BCUT2D eigenvalue weighted by molar-refractivity contribution is 5.92. The summed E-state index contributed by atoms with van der Waals surface area (Å²) in [5.74, 6) is -0.958. The van der Waals surface area contributed by atoms with Crippen LogP contribution in [0.1, 0.15) is 33.6 Å². The Morgan fingerprint density at radius 3 is 2.38 bits per heavy atom. The van der Waals surface area contributed by atoms with Gasteiger partial charge in [0, 0.05) is 19.2 Å². The summed E-state index contributed by atoms with van der Waals surface area (Å²) in [5, 5.41) is 8.97. The van der Waals surface area contributed by atoms with Gasteiger partial charge in [-0.15, -0.1) is 0 Å². The van der Waals surface area contributed by atoms with E-state index in [1.54, 1.807) is 31.2 Å². The van der Waals surface area contributed by atoms with Crippen molar-refractivity contribution in [3.05, 3.63) is 24.3 Å². The first-order chi connectivity index (χ1) is 9.95. The fourth-order valence-corrected chi connectivity index (χ4v) is 1.82. The Bertz CT molecular complexity index is 470. The molecule has 1 aromatic carbocycles. The molecule has 21 heavy (non-hydrogen) atoms. The minimum absolute atomic E-state index is 0.153. The second-order valence-electron chi connectivity index (χ2n) is 5.06. The fraction of sp³-hybridized carbons (Fsp3) is 0.500. The number of nitrogens with zero attached hydrogens (tertiary/aromatic N) is 1. The zero-order valence-corrected chi connectivity index (χ0v) is 12.8. The third kappa shape index (κ3) is 5.45. The van der Waals surface area contributed by atoms with Gasteiger partial charge >= 0.3 is 5.97 Å². The number of hydrogen-bond acceptors (Lipinski definition) is 3. The van der Waals surface area contributed by atoms with Crippen LogP contribution in [0.3, 0.4) is 0 Å². The van der Waals surface area contributed by atoms with Crippen LogP contribution in [-0.4, -0.2) is 30.1 Å². The van der Waals surface area contributed by atoms with Crippen LogP contribution in [0.5, 0.6) is 5.75 Å². The number of anilines is 1. The predicted molar refractivity (Wildman–Crippen MR) is 81.7 cm³/mol. The quantitative estimate of drug-likeness (QED) is 0.748. The minimum atomic E-state index is -0.916. The number of aliphatic carboxylic acids is 1. The fourth-order valence-electron chi connectivity index (χ4n) is 1.82. The van der Waals surface area contributed by atoms with Gasteiger partial charge in [0.15, 0.2) is 0 Å². The maximum absolute atomic E-state index is 11.7. The molecule has 1 rings (SSSR count). The van der Waals surface area contributed by atoms with Crippen molar-refractivity contribution in [2.24, 2.45) is 5.92 Å². The van der Waals surface area contributed by atoms with Gasteiger partial charge in [0.05, 0.1) is 12.5 Å². The Morgan fingerprint density at radius 2 is 1.90 bits per heavy atom. The molecule has 0 bridgehead atoms. The summed E-state index contributed by atoms with van der Waals surface area (Å²) in [6, 6.07) is 7.15. The molecule has 0 saturated heterocycles. The summed E-state index contributed by atoms with van der Waals surface area (Å²) >= 11 is 0. The number of unbranched alkanes of at least 4 members (excludes halogenated alkanes) is 1. The van der Waals surface area contributed by atoms with Gasteiger partial charge in [-0.1, -0.05) is 20.3 Å². The lowest BCUT2D eigenvalue weighted by atomic mass is 10.1. The second-order valence-corrected chi connectivity index (χ2v) is 5.06. The molecule has 1 unspecified atom stereocenters. The number of ether oxygens (including phenoxy) is 1. The van der Waals surface area contributed by atoms with Crippen LogP contribution in [0.15, 0.2) is 24.3 Å². The highest BCUT2D eigenvalue weighted by Crippen LogP contribution is 2.21. The number of benzene rings is 1. The van der Waals surface area contributed by atoms with Crippen LogP contribution in [-0.2, 0) is 9.59 Å². The average Bonchev–Trinajstić information content (AvgIpc) is 2.45. The van der Waals surface area contributed by atoms with Crippen LogP contribution in [0.25, 0.3) is 0 Å². The summed E-state index contributed by atoms with van der Waals surface area (Å²) in [6.07, 6.45) is 2.07. The molecule has 0 aliphatic rings. The molecule has 1 amide bonds. The molecule has 0 aliphatic heterocycles. The van der Waals surface area contributed by atoms with Crippen molar-refractivity contribution in [1.82, 2.24) is 0 Å². The van der Waals surface area contributed by atoms with Crippen molar-refractivity contribution in [3.63, 3.8) is 0 Å². The predicted octanol–water partition coefficient (Wildman–Crippen LogP) is 2.94. The van der Waals surface area contributed by atoms with Gasteiger partial charge in [-0.2, -0.15) is 0 Å². The monoisotopic (exact) mass is 293 g/mol. The lowest BCUT2D eigenvalue weighted by Gasteiger charge is -2.23. The SMILES string of the molecule is CCCCOc1ccc(N(CC(C)C(=O)O)C(C)=O)cc1. The first-order valence-corrected chi connectivity index (χ1v) is 7.19. The van der Waals surface area contributed by atoms with Crippen LogP contribution in [0.2, 0.25) is 0 Å². The number of carboxylic acids is 1. The van der Waals surface area contributed by atoms with Gasteiger partial charge in [0.2, 0.25) is 5.91 Å². The van der Waals surface area contributed by atoms with Gasteiger partial charge in [0.25, 0.3) is 0 Å². The van der Waals surface area contributed by atoms with Gasteiger partial charge in [-0.3, -0.25) is 9.59 Å². The number of amides is 1. The summed E-state index contributed by atoms with van der Waals surface area (Å²) < 4.78 is 5.56. The Labute approximate surface area is 125 Å². The molecular formula is C16H23NO4. The van der Waals surface area contributed by atoms with E-state index in [0.717, 1.165) is 18.6 Å². The maximum Gasteiger partial charge on any atom is 0.308 e. The van der Waals surface area contributed by atoms with Crippen molar-refractivity contribution < 1.29 is 19.4 Å². The third-order valence-corrected chi connectivity index (χ3v) is 3.17. The molecule has 0 aromatic heterocycles. The van der Waals surface area contributed by atoms with Gasteiger partial charge < -0.3 is 14.7 Å². The number of carboxylic acid groups (broad SMARTS) is 1. The van der Waals surface area contributed by atoms with E-state index in [1.807, 2.05) is 0 Å². The van der Waals surface area contributed by atoms with E-state index < -0.39 is 11.9 Å². The molecule has 0 radical (unpaired) electrons. The smallest absolute Gasteiger partial charge is 0.308 e. The van der Waals surface area contributed by atoms with E-state index >= 15 is 0 Å². The summed E-state index contributed by atoms with van der Waals surface area (Å²) in [4.78, 5) is 24.1. The van der Waals surface area contributed by atoms with Crippen LogP contribution < -0.4 is 9.64 Å². The number of hydrogen-bond donors (Lipinski definition) is 1. The van der Waals surface area contributed by atoms with Crippen molar-refractivity contribution in [3.8, 4) is 5.75 Å². The van der Waals surface area contributed by atoms with Crippen LogP contribution in [0.4, 0.5) is 5.69 Å². The van der Waals surface area contributed by atoms with Gasteiger partial charge in [-0.05, 0) is 30.7 Å². The molecule has 0 heterocycles. The molecule has 0 aliphatic carbocycles. The molecular weight excluding hydrogens is 270 g/mol. The number of carbonyl (C=O) groups is 2. The average molecular weight is 293 g/mol. The molecule has 1 N–H and O–H groups in total. The molecule has 5 heteroatoms. The summed E-state index contributed by atoms with van der Waals surface area (Å²) in [6.45, 7) is 5.94. The van der Waals surface area contributed by atoms with Crippen molar-refractivity contribution in [1.29, 1.82) is 0 Å². The van der Waals surface area contributed by atoms with Crippen LogP contribution in [0, 0.1) is 5.92 Å². The highest BCUT2D eigenvalue weighted by Gasteiger charge is 2.19. The van der Waals surface area contributed by atoms with Gasteiger partial charge in [0.1, 0.15) is 5.75 Å². The van der Waals surface area contributed by atoms with Gasteiger partial charge in [-0.25, -0.2) is 0 Å². The summed E-state index contributed by atoms with van der Waals surface area (Å²) in [5.41, 5.74) is 0.679.